The Morgan fingerprint density at radius 2 is 1.02 bits per heavy atom. The summed E-state index contributed by atoms with van der Waals surface area (Å²) >= 11 is 0. The van der Waals surface area contributed by atoms with Gasteiger partial charge in [-0.05, 0) is 30.5 Å². The molecule has 44 heavy (non-hydrogen) atoms. The molecule has 0 spiro atoms. The number of hydrogen-bond donors (Lipinski definition) is 0. The number of benzene rings is 1. The SMILES string of the molecule is CCCCCCc1cnc(-c2ccccc2OC(F)(F)C(F)(F)C(F)(F)C(F)(F)C(F)(F)C(F)(F)C(F)(F)C(F)(F)F)nc1. The van der Waals surface area contributed by atoms with Crippen LogP contribution in [0.1, 0.15) is 38.2 Å². The van der Waals surface area contributed by atoms with Crippen molar-refractivity contribution in [2.75, 3.05) is 0 Å². The number of aryl methyl sites for hydroxylation is 1. The molecule has 0 aliphatic carbocycles. The molecule has 0 bridgehead atoms. The minimum atomic E-state index is -8.72. The Bertz CT molecular complexity index is 1260. The molecular weight excluding hydrogens is 655 g/mol. The van der Waals surface area contributed by atoms with E-state index in [0.717, 1.165) is 49.9 Å². The Balaban J connectivity index is 2.48. The average Bonchev–Trinajstić information content (AvgIpc) is 2.90. The molecule has 0 unspecified atom stereocenters. The van der Waals surface area contributed by atoms with Crippen LogP contribution in [0.25, 0.3) is 11.4 Å². The van der Waals surface area contributed by atoms with Crippen LogP contribution in [0.2, 0.25) is 0 Å². The van der Waals surface area contributed by atoms with Crippen LogP contribution in [0.5, 0.6) is 5.75 Å². The van der Waals surface area contributed by atoms with Crippen LogP contribution >= 0.6 is 0 Å². The predicted molar refractivity (Wildman–Crippen MR) is 117 cm³/mol. The number of para-hydroxylation sites is 1. The lowest BCUT2D eigenvalue weighted by molar-refractivity contribution is -0.471. The number of rotatable bonds is 14. The lowest BCUT2D eigenvalue weighted by atomic mass is 9.90. The third-order valence-electron chi connectivity index (χ3n) is 6.08. The molecule has 1 aromatic carbocycles. The minimum Gasteiger partial charge on any atom is -0.427 e. The fraction of sp³-hybridized carbons (Fsp3) is 0.583. The molecule has 0 N–H and O–H groups in total. The van der Waals surface area contributed by atoms with Gasteiger partial charge in [0.25, 0.3) is 0 Å². The van der Waals surface area contributed by atoms with Gasteiger partial charge in [-0.3, -0.25) is 0 Å². The van der Waals surface area contributed by atoms with Crippen molar-refractivity contribution in [1.29, 1.82) is 0 Å². The van der Waals surface area contributed by atoms with E-state index in [1.165, 1.54) is 0 Å². The average molecular weight is 674 g/mol. The van der Waals surface area contributed by atoms with Crippen molar-refractivity contribution in [1.82, 2.24) is 9.97 Å². The predicted octanol–water partition coefficient (Wildman–Crippen LogP) is 9.61. The Labute approximate surface area is 236 Å². The van der Waals surface area contributed by atoms with E-state index in [2.05, 4.69) is 14.7 Å². The summed E-state index contributed by atoms with van der Waals surface area (Å²) in [6.07, 6.45) is -8.85. The lowest BCUT2D eigenvalue weighted by Crippen LogP contribution is -2.74. The monoisotopic (exact) mass is 674 g/mol. The molecule has 20 heteroatoms. The van der Waals surface area contributed by atoms with Crippen LogP contribution in [0, 0.1) is 0 Å². The molecule has 0 aliphatic heterocycles. The first-order valence-corrected chi connectivity index (χ1v) is 12.0. The molecule has 3 nitrogen and oxygen atoms in total. The highest BCUT2D eigenvalue weighted by atomic mass is 19.4. The van der Waals surface area contributed by atoms with Crippen molar-refractivity contribution < 1.29 is 79.4 Å². The van der Waals surface area contributed by atoms with Crippen LogP contribution in [-0.4, -0.2) is 57.8 Å². The molecule has 2 rings (SSSR count). The molecule has 0 radical (unpaired) electrons. The first-order chi connectivity index (χ1) is 19.7. The van der Waals surface area contributed by atoms with E-state index >= 15 is 0 Å². The van der Waals surface area contributed by atoms with Gasteiger partial charge in [0.15, 0.2) is 5.82 Å². The molecule has 1 aromatic heterocycles. The minimum absolute atomic E-state index is 0.338. The highest BCUT2D eigenvalue weighted by Crippen LogP contribution is 2.64. The van der Waals surface area contributed by atoms with Crippen molar-refractivity contribution in [3.05, 3.63) is 42.2 Å². The van der Waals surface area contributed by atoms with Gasteiger partial charge in [0.2, 0.25) is 0 Å². The second kappa shape index (κ2) is 12.0. The summed E-state index contributed by atoms with van der Waals surface area (Å²) in [6, 6.07) is 2.84. The number of ether oxygens (including phenoxy) is 1. The molecule has 250 valence electrons. The molecule has 2 aromatic rings. The number of nitrogens with zero attached hydrogens (tertiary/aromatic N) is 2. The molecule has 0 saturated carbocycles. The molecule has 0 amide bonds. The molecule has 0 fully saturated rings. The van der Waals surface area contributed by atoms with Gasteiger partial charge in [-0.1, -0.05) is 38.3 Å². The normalized spacial score (nSPS) is 14.6. The zero-order valence-corrected chi connectivity index (χ0v) is 21.7. The third kappa shape index (κ3) is 6.08. The Morgan fingerprint density at radius 1 is 0.568 bits per heavy atom. The van der Waals surface area contributed by atoms with E-state index in [1.807, 2.05) is 6.92 Å². The van der Waals surface area contributed by atoms with Gasteiger partial charge in [0, 0.05) is 12.4 Å². The lowest BCUT2D eigenvalue weighted by Gasteiger charge is -2.42. The summed E-state index contributed by atoms with van der Waals surface area (Å²) in [6.45, 7) is 1.94. The molecular formula is C24H19F17N2O. The quantitative estimate of drug-likeness (QED) is 0.148. The van der Waals surface area contributed by atoms with Crippen molar-refractivity contribution in [2.45, 2.75) is 86.8 Å². The van der Waals surface area contributed by atoms with Gasteiger partial charge >= 0.3 is 47.8 Å². The maximum atomic E-state index is 14.4. The zero-order chi connectivity index (χ0) is 34.2. The number of aromatic nitrogens is 2. The van der Waals surface area contributed by atoms with E-state index in [0.29, 0.717) is 24.5 Å². The Morgan fingerprint density at radius 3 is 1.50 bits per heavy atom. The van der Waals surface area contributed by atoms with E-state index in [4.69, 9.17) is 0 Å². The van der Waals surface area contributed by atoms with Crippen molar-refractivity contribution >= 4 is 0 Å². The summed E-state index contributed by atoms with van der Waals surface area (Å²) in [5.41, 5.74) is -0.298. The van der Waals surface area contributed by atoms with E-state index in [9.17, 15) is 74.6 Å². The van der Waals surface area contributed by atoms with E-state index < -0.39 is 65.0 Å². The van der Waals surface area contributed by atoms with E-state index in [1.54, 1.807) is 0 Å². The van der Waals surface area contributed by atoms with Crippen LogP contribution in [0.4, 0.5) is 74.6 Å². The topological polar surface area (TPSA) is 35.0 Å². The molecule has 0 aliphatic rings. The number of unbranched alkanes of at least 4 members (excludes halogenated alkanes) is 3. The fourth-order valence-corrected chi connectivity index (χ4v) is 3.47. The van der Waals surface area contributed by atoms with Gasteiger partial charge in [0.1, 0.15) is 5.75 Å². The Kier molecular flexibility index (Phi) is 10.1. The van der Waals surface area contributed by atoms with Gasteiger partial charge in [-0.15, -0.1) is 0 Å². The zero-order valence-electron chi connectivity index (χ0n) is 21.7. The number of halogens is 17. The molecule has 0 saturated heterocycles. The molecule has 1 heterocycles. The maximum Gasteiger partial charge on any atom is 0.471 e. The van der Waals surface area contributed by atoms with Crippen molar-refractivity contribution in [3.63, 3.8) is 0 Å². The highest BCUT2D eigenvalue weighted by Gasteiger charge is 2.95. The fourth-order valence-electron chi connectivity index (χ4n) is 3.47. The van der Waals surface area contributed by atoms with Gasteiger partial charge < -0.3 is 4.74 Å². The van der Waals surface area contributed by atoms with Gasteiger partial charge in [0.05, 0.1) is 5.56 Å². The summed E-state index contributed by atoms with van der Waals surface area (Å²) in [5.74, 6) is -52.8. The first-order valence-electron chi connectivity index (χ1n) is 12.0. The summed E-state index contributed by atoms with van der Waals surface area (Å²) in [5, 5.41) is 0. The summed E-state index contributed by atoms with van der Waals surface area (Å²) in [4.78, 5) is 7.51. The van der Waals surface area contributed by atoms with Crippen LogP contribution in [0.15, 0.2) is 36.7 Å². The van der Waals surface area contributed by atoms with Gasteiger partial charge in [-0.2, -0.15) is 74.6 Å². The third-order valence-corrected chi connectivity index (χ3v) is 6.08. The van der Waals surface area contributed by atoms with Crippen LogP contribution < -0.4 is 4.74 Å². The largest absolute Gasteiger partial charge is 0.471 e. The molecule has 0 atom stereocenters. The van der Waals surface area contributed by atoms with Gasteiger partial charge in [-0.25, -0.2) is 9.97 Å². The van der Waals surface area contributed by atoms with Crippen LogP contribution in [0.3, 0.4) is 0 Å². The maximum absolute atomic E-state index is 14.4. The van der Waals surface area contributed by atoms with Crippen molar-refractivity contribution in [2.24, 2.45) is 0 Å². The second-order valence-electron chi connectivity index (χ2n) is 9.28. The summed E-state index contributed by atoms with van der Waals surface area (Å²) in [7, 11) is 0. The van der Waals surface area contributed by atoms with Crippen LogP contribution in [-0.2, 0) is 6.42 Å². The smallest absolute Gasteiger partial charge is 0.427 e. The Hall–Kier alpha value is -3.09. The second-order valence-corrected chi connectivity index (χ2v) is 9.28. The highest BCUT2D eigenvalue weighted by molar-refractivity contribution is 5.63. The van der Waals surface area contributed by atoms with Crippen molar-refractivity contribution in [3.8, 4) is 17.1 Å². The standard InChI is InChI=1S/C24H19F17N2O/c1-2-3-4-5-8-13-11-42-16(43-12-13)14-9-6-7-10-15(14)44-24(40,41)22(35,36)20(31,32)18(27,28)17(25,26)19(29,30)21(33,34)23(37,38)39/h6-7,9-12H,2-5,8H2,1H3. The summed E-state index contributed by atoms with van der Waals surface area (Å²) < 4.78 is 233. The number of alkyl halides is 17. The first kappa shape index (κ1) is 37.1. The van der Waals surface area contributed by atoms with E-state index in [-0.39, 0.29) is 0 Å². The number of hydrogen-bond acceptors (Lipinski definition) is 3.